The molecule has 2 amide bonds. The summed E-state index contributed by atoms with van der Waals surface area (Å²) in [4.78, 5) is 22.9. The number of hydrogen-bond donors (Lipinski definition) is 2. The van der Waals surface area contributed by atoms with Crippen LogP contribution in [0.5, 0.6) is 0 Å². The molecule has 1 heterocycles. The Balaban J connectivity index is 2.03. The van der Waals surface area contributed by atoms with Gasteiger partial charge in [-0.25, -0.2) is 4.79 Å². The van der Waals surface area contributed by atoms with Gasteiger partial charge in [-0.05, 0) is 30.3 Å². The average Bonchev–Trinajstić information content (AvgIpc) is 2.37. The van der Waals surface area contributed by atoms with E-state index in [1.54, 1.807) is 43.6 Å². The van der Waals surface area contributed by atoms with Gasteiger partial charge < -0.3 is 15.2 Å². The predicted molar refractivity (Wildman–Crippen MR) is 75.8 cm³/mol. The lowest BCUT2D eigenvalue weighted by Crippen LogP contribution is -2.21. The molecule has 2 rings (SSSR count). The van der Waals surface area contributed by atoms with Gasteiger partial charge in [-0.15, -0.1) is 0 Å². The third kappa shape index (κ3) is 3.59. The van der Waals surface area contributed by atoms with Crippen molar-refractivity contribution in [2.24, 2.45) is 7.05 Å². The van der Waals surface area contributed by atoms with Gasteiger partial charge in [0.2, 0.25) is 5.56 Å². The van der Waals surface area contributed by atoms with Crippen LogP contribution in [-0.4, -0.2) is 10.6 Å². The first-order valence-corrected chi connectivity index (χ1v) is 5.92. The van der Waals surface area contributed by atoms with E-state index in [2.05, 4.69) is 10.6 Å². The zero-order valence-electron chi connectivity index (χ0n) is 10.2. The van der Waals surface area contributed by atoms with Gasteiger partial charge in [0.1, 0.15) is 0 Å². The van der Waals surface area contributed by atoms with Crippen molar-refractivity contribution in [1.29, 1.82) is 0 Å². The van der Waals surface area contributed by atoms with Crippen molar-refractivity contribution in [3.8, 4) is 0 Å². The molecular weight excluding hydrogens is 266 g/mol. The molecule has 1 aromatic heterocycles. The van der Waals surface area contributed by atoms with Gasteiger partial charge in [0, 0.05) is 30.0 Å². The number of nitrogens with zero attached hydrogens (tertiary/aromatic N) is 1. The van der Waals surface area contributed by atoms with Crippen molar-refractivity contribution in [3.63, 3.8) is 0 Å². The molecule has 0 bridgehead atoms. The Morgan fingerprint density at radius 2 is 1.63 bits per heavy atom. The van der Waals surface area contributed by atoms with Crippen LogP contribution < -0.4 is 16.2 Å². The molecule has 0 saturated heterocycles. The third-order valence-corrected chi connectivity index (χ3v) is 2.70. The fourth-order valence-electron chi connectivity index (χ4n) is 1.49. The van der Waals surface area contributed by atoms with Crippen molar-refractivity contribution < 1.29 is 4.79 Å². The second-order valence-corrected chi connectivity index (χ2v) is 4.39. The lowest BCUT2D eigenvalue weighted by Gasteiger charge is -2.08. The number of pyridine rings is 1. The highest BCUT2D eigenvalue weighted by atomic mass is 35.5. The molecule has 0 aliphatic heterocycles. The minimum Gasteiger partial charge on any atom is -0.317 e. The van der Waals surface area contributed by atoms with Crippen LogP contribution >= 0.6 is 11.6 Å². The quantitative estimate of drug-likeness (QED) is 0.886. The summed E-state index contributed by atoms with van der Waals surface area (Å²) >= 11 is 5.75. The van der Waals surface area contributed by atoms with Crippen LogP contribution in [0.2, 0.25) is 5.02 Å². The van der Waals surface area contributed by atoms with Gasteiger partial charge >= 0.3 is 6.03 Å². The second kappa shape index (κ2) is 5.58. The largest absolute Gasteiger partial charge is 0.323 e. The Kier molecular flexibility index (Phi) is 3.87. The lowest BCUT2D eigenvalue weighted by atomic mass is 10.3. The fraction of sp³-hybridized carbons (Fsp3) is 0.0769. The molecule has 0 radical (unpaired) electrons. The van der Waals surface area contributed by atoms with E-state index in [0.717, 1.165) is 0 Å². The Bertz CT molecular complexity index is 650. The van der Waals surface area contributed by atoms with E-state index in [9.17, 15) is 9.59 Å². The predicted octanol–water partition coefficient (Wildman–Crippen LogP) is 2.68. The topological polar surface area (TPSA) is 63.1 Å². The molecule has 0 saturated carbocycles. The van der Waals surface area contributed by atoms with Crippen LogP contribution in [0, 0.1) is 0 Å². The maximum absolute atomic E-state index is 11.7. The van der Waals surface area contributed by atoms with E-state index in [1.807, 2.05) is 0 Å². The van der Waals surface area contributed by atoms with E-state index in [-0.39, 0.29) is 11.6 Å². The number of urea groups is 1. The molecule has 2 aromatic rings. The van der Waals surface area contributed by atoms with Gasteiger partial charge in [0.25, 0.3) is 0 Å². The summed E-state index contributed by atoms with van der Waals surface area (Å²) in [5, 5.41) is 5.89. The fourth-order valence-corrected chi connectivity index (χ4v) is 1.62. The number of nitrogens with one attached hydrogen (secondary N) is 2. The highest BCUT2D eigenvalue weighted by Crippen LogP contribution is 2.13. The summed E-state index contributed by atoms with van der Waals surface area (Å²) in [7, 11) is 1.62. The first kappa shape index (κ1) is 13.2. The Labute approximate surface area is 114 Å². The minimum absolute atomic E-state index is 0.136. The zero-order valence-corrected chi connectivity index (χ0v) is 10.9. The van der Waals surface area contributed by atoms with Crippen molar-refractivity contribution in [1.82, 2.24) is 4.57 Å². The number of benzene rings is 1. The summed E-state index contributed by atoms with van der Waals surface area (Å²) in [6.07, 6.45) is 1.55. The number of hydrogen-bond acceptors (Lipinski definition) is 2. The highest BCUT2D eigenvalue weighted by molar-refractivity contribution is 6.30. The molecule has 2 N–H and O–H groups in total. The van der Waals surface area contributed by atoms with Gasteiger partial charge in [0.15, 0.2) is 0 Å². The number of aryl methyl sites for hydroxylation is 1. The molecule has 5 nitrogen and oxygen atoms in total. The number of carbonyl (C=O) groups excluding carboxylic acids is 1. The molecule has 0 atom stereocenters. The number of halogens is 1. The number of rotatable bonds is 2. The monoisotopic (exact) mass is 277 g/mol. The highest BCUT2D eigenvalue weighted by Gasteiger charge is 2.03. The molecule has 98 valence electrons. The van der Waals surface area contributed by atoms with E-state index >= 15 is 0 Å². The first-order chi connectivity index (χ1) is 9.04. The molecule has 0 aliphatic rings. The third-order valence-electron chi connectivity index (χ3n) is 2.45. The van der Waals surface area contributed by atoms with Gasteiger partial charge in [-0.3, -0.25) is 4.79 Å². The summed E-state index contributed by atoms with van der Waals surface area (Å²) < 4.78 is 1.39. The molecular formula is C13H12ClN3O2. The zero-order chi connectivity index (χ0) is 13.8. The summed E-state index contributed by atoms with van der Waals surface area (Å²) in [5.41, 5.74) is 1.03. The van der Waals surface area contributed by atoms with Crippen LogP contribution in [0.1, 0.15) is 0 Å². The van der Waals surface area contributed by atoms with Crippen molar-refractivity contribution >= 4 is 29.0 Å². The van der Waals surface area contributed by atoms with Crippen molar-refractivity contribution in [3.05, 3.63) is 58.0 Å². The Morgan fingerprint density at radius 1 is 1.05 bits per heavy atom. The maximum Gasteiger partial charge on any atom is 0.323 e. The van der Waals surface area contributed by atoms with Crippen LogP contribution in [0.15, 0.2) is 47.4 Å². The standard InChI is InChI=1S/C13H12ClN3O2/c1-17-8-11(6-7-12(17)18)16-13(19)15-10-4-2-9(14)3-5-10/h2-8H,1H3,(H2,15,16,19). The minimum atomic E-state index is -0.388. The van der Waals surface area contributed by atoms with E-state index in [1.165, 1.54) is 10.6 Å². The van der Waals surface area contributed by atoms with Crippen molar-refractivity contribution in [2.45, 2.75) is 0 Å². The van der Waals surface area contributed by atoms with Crippen LogP contribution in [-0.2, 0) is 7.05 Å². The molecule has 0 aliphatic carbocycles. The molecule has 0 unspecified atom stereocenters. The van der Waals surface area contributed by atoms with Crippen molar-refractivity contribution in [2.75, 3.05) is 10.6 Å². The maximum atomic E-state index is 11.7. The second-order valence-electron chi connectivity index (χ2n) is 3.95. The van der Waals surface area contributed by atoms with Crippen LogP contribution in [0.3, 0.4) is 0 Å². The number of amides is 2. The Morgan fingerprint density at radius 3 is 2.26 bits per heavy atom. The molecule has 0 spiro atoms. The summed E-state index contributed by atoms with van der Waals surface area (Å²) in [5.74, 6) is 0. The van der Waals surface area contributed by atoms with E-state index in [0.29, 0.717) is 16.4 Å². The molecule has 6 heteroatoms. The molecule has 19 heavy (non-hydrogen) atoms. The van der Waals surface area contributed by atoms with Gasteiger partial charge in [0.05, 0.1) is 5.69 Å². The van der Waals surface area contributed by atoms with E-state index < -0.39 is 0 Å². The number of aromatic nitrogens is 1. The van der Waals surface area contributed by atoms with Gasteiger partial charge in [-0.1, -0.05) is 11.6 Å². The van der Waals surface area contributed by atoms with Gasteiger partial charge in [-0.2, -0.15) is 0 Å². The summed E-state index contributed by atoms with van der Waals surface area (Å²) in [6, 6.07) is 9.31. The number of carbonyl (C=O) groups is 1. The smallest absolute Gasteiger partial charge is 0.317 e. The molecule has 1 aromatic carbocycles. The lowest BCUT2D eigenvalue weighted by molar-refractivity contribution is 0.262. The molecule has 0 fully saturated rings. The normalized spacial score (nSPS) is 10.0. The SMILES string of the molecule is Cn1cc(NC(=O)Nc2ccc(Cl)cc2)ccc1=O. The first-order valence-electron chi connectivity index (χ1n) is 5.55. The average molecular weight is 278 g/mol. The number of anilines is 2. The van der Waals surface area contributed by atoms with Crippen LogP contribution in [0.4, 0.5) is 16.2 Å². The van der Waals surface area contributed by atoms with Crippen LogP contribution in [0.25, 0.3) is 0 Å². The van der Waals surface area contributed by atoms with E-state index in [4.69, 9.17) is 11.6 Å². The summed E-state index contributed by atoms with van der Waals surface area (Å²) in [6.45, 7) is 0. The Hall–Kier alpha value is -2.27.